The summed E-state index contributed by atoms with van der Waals surface area (Å²) in [5, 5.41) is 0. The van der Waals surface area contributed by atoms with Crippen LogP contribution in [0.25, 0.3) is 0 Å². The first kappa shape index (κ1) is 13.1. The minimum Gasteiger partial charge on any atom is -0.466 e. The smallest absolute Gasteiger partial charge is 0.136 e. The van der Waals surface area contributed by atoms with E-state index >= 15 is 0 Å². The fourth-order valence-corrected chi connectivity index (χ4v) is 3.44. The Bertz CT molecular complexity index is 366. The molecule has 2 rings (SSSR count). The van der Waals surface area contributed by atoms with Crippen LogP contribution in [0.3, 0.4) is 0 Å². The molecule has 1 aliphatic rings. The van der Waals surface area contributed by atoms with Gasteiger partial charge in [0.25, 0.3) is 0 Å². The minimum atomic E-state index is 0.196. The Morgan fingerprint density at radius 2 is 2.35 bits per heavy atom. The maximum Gasteiger partial charge on any atom is 0.136 e. The third-order valence-corrected chi connectivity index (χ3v) is 4.51. The Morgan fingerprint density at radius 1 is 1.59 bits per heavy atom. The van der Waals surface area contributed by atoms with Gasteiger partial charge in [-0.05, 0) is 48.2 Å². The van der Waals surface area contributed by atoms with Gasteiger partial charge in [-0.15, -0.1) is 0 Å². The zero-order valence-electron chi connectivity index (χ0n) is 10.5. The monoisotopic (exact) mass is 300 g/mol. The first-order valence-corrected chi connectivity index (χ1v) is 7.18. The van der Waals surface area contributed by atoms with Crippen molar-refractivity contribution in [3.8, 4) is 0 Å². The summed E-state index contributed by atoms with van der Waals surface area (Å²) in [6.45, 7) is 5.14. The lowest BCUT2D eigenvalue weighted by atomic mass is 10.1. The Morgan fingerprint density at radius 3 is 2.88 bits per heavy atom. The van der Waals surface area contributed by atoms with Gasteiger partial charge in [-0.1, -0.05) is 6.92 Å². The van der Waals surface area contributed by atoms with Crippen LogP contribution in [0.4, 0.5) is 0 Å². The standard InChI is InChI=1S/C13H21BrN2O/c1-3-10-5-4-9(2)16(10)12(8-15)13-11(14)6-7-17-13/h6-7,9-10,12H,3-5,8,15H2,1-2H3. The molecule has 0 aliphatic carbocycles. The molecule has 3 unspecified atom stereocenters. The van der Waals surface area contributed by atoms with E-state index in [4.69, 9.17) is 10.2 Å². The predicted octanol–water partition coefficient (Wildman–Crippen LogP) is 3.30. The van der Waals surface area contributed by atoms with E-state index in [0.717, 1.165) is 10.2 Å². The van der Waals surface area contributed by atoms with Crippen LogP contribution >= 0.6 is 15.9 Å². The van der Waals surface area contributed by atoms with E-state index in [2.05, 4.69) is 34.7 Å². The molecule has 1 aromatic rings. The summed E-state index contributed by atoms with van der Waals surface area (Å²) in [5.74, 6) is 0.972. The summed E-state index contributed by atoms with van der Waals surface area (Å²) < 4.78 is 6.63. The lowest BCUT2D eigenvalue weighted by Gasteiger charge is -2.34. The highest BCUT2D eigenvalue weighted by molar-refractivity contribution is 9.10. The topological polar surface area (TPSA) is 42.4 Å². The van der Waals surface area contributed by atoms with Crippen molar-refractivity contribution in [1.29, 1.82) is 0 Å². The average molecular weight is 301 g/mol. The van der Waals surface area contributed by atoms with Crippen LogP contribution in [0.1, 0.15) is 44.9 Å². The Hall–Kier alpha value is -0.320. The molecular weight excluding hydrogens is 280 g/mol. The van der Waals surface area contributed by atoms with Crippen LogP contribution in [-0.2, 0) is 0 Å². The van der Waals surface area contributed by atoms with Crippen molar-refractivity contribution < 1.29 is 4.42 Å². The molecule has 0 saturated carbocycles. The summed E-state index contributed by atoms with van der Waals surface area (Å²) in [4.78, 5) is 2.53. The number of hydrogen-bond donors (Lipinski definition) is 1. The van der Waals surface area contributed by atoms with Gasteiger partial charge in [0.1, 0.15) is 5.76 Å². The quantitative estimate of drug-likeness (QED) is 0.928. The zero-order valence-corrected chi connectivity index (χ0v) is 12.1. The number of halogens is 1. The molecule has 17 heavy (non-hydrogen) atoms. The van der Waals surface area contributed by atoms with E-state index in [-0.39, 0.29) is 6.04 Å². The molecule has 0 radical (unpaired) electrons. The van der Waals surface area contributed by atoms with Gasteiger partial charge in [-0.25, -0.2) is 0 Å². The predicted molar refractivity (Wildman–Crippen MR) is 72.8 cm³/mol. The third-order valence-electron chi connectivity index (χ3n) is 3.85. The van der Waals surface area contributed by atoms with Gasteiger partial charge in [-0.3, -0.25) is 4.90 Å². The lowest BCUT2D eigenvalue weighted by molar-refractivity contribution is 0.120. The van der Waals surface area contributed by atoms with Crippen LogP contribution < -0.4 is 5.73 Å². The molecule has 2 N–H and O–H groups in total. The first-order valence-electron chi connectivity index (χ1n) is 6.39. The van der Waals surface area contributed by atoms with Gasteiger partial charge in [-0.2, -0.15) is 0 Å². The summed E-state index contributed by atoms with van der Waals surface area (Å²) in [5.41, 5.74) is 5.97. The molecule has 2 heterocycles. The van der Waals surface area contributed by atoms with Gasteiger partial charge in [0.05, 0.1) is 16.8 Å². The van der Waals surface area contributed by atoms with Crippen LogP contribution in [0.5, 0.6) is 0 Å². The Kier molecular flexibility index (Phi) is 4.28. The van der Waals surface area contributed by atoms with Gasteiger partial charge < -0.3 is 10.2 Å². The van der Waals surface area contributed by atoms with E-state index in [9.17, 15) is 0 Å². The van der Waals surface area contributed by atoms with E-state index < -0.39 is 0 Å². The van der Waals surface area contributed by atoms with Crippen molar-refractivity contribution in [1.82, 2.24) is 4.90 Å². The summed E-state index contributed by atoms with van der Waals surface area (Å²) in [6, 6.07) is 3.36. The molecule has 3 nitrogen and oxygen atoms in total. The summed E-state index contributed by atoms with van der Waals surface area (Å²) in [7, 11) is 0. The molecule has 0 amide bonds. The van der Waals surface area contributed by atoms with Crippen molar-refractivity contribution >= 4 is 15.9 Å². The van der Waals surface area contributed by atoms with E-state index in [1.54, 1.807) is 6.26 Å². The second-order valence-electron chi connectivity index (χ2n) is 4.82. The molecule has 1 aromatic heterocycles. The van der Waals surface area contributed by atoms with Gasteiger partial charge in [0.15, 0.2) is 0 Å². The molecule has 0 spiro atoms. The fraction of sp³-hybridized carbons (Fsp3) is 0.692. The van der Waals surface area contributed by atoms with Crippen molar-refractivity contribution in [2.45, 2.75) is 51.2 Å². The summed E-state index contributed by atoms with van der Waals surface area (Å²) >= 11 is 3.54. The molecule has 4 heteroatoms. The number of hydrogen-bond acceptors (Lipinski definition) is 3. The molecule has 1 saturated heterocycles. The van der Waals surface area contributed by atoms with E-state index in [0.29, 0.717) is 18.6 Å². The number of likely N-dealkylation sites (tertiary alicyclic amines) is 1. The first-order chi connectivity index (χ1) is 8.19. The normalized spacial score (nSPS) is 27.5. The largest absolute Gasteiger partial charge is 0.466 e. The SMILES string of the molecule is CCC1CCC(C)N1C(CN)c1occc1Br. The number of nitrogens with zero attached hydrogens (tertiary/aromatic N) is 1. The molecule has 0 bridgehead atoms. The molecular formula is C13H21BrN2O. The van der Waals surface area contributed by atoms with Crippen LogP contribution in [0.15, 0.2) is 21.2 Å². The van der Waals surface area contributed by atoms with Crippen molar-refractivity contribution in [3.63, 3.8) is 0 Å². The van der Waals surface area contributed by atoms with Crippen LogP contribution in [0, 0.1) is 0 Å². The number of rotatable bonds is 4. The Labute approximate surface area is 111 Å². The fourth-order valence-electron chi connectivity index (χ4n) is 2.98. The number of furan rings is 1. The second-order valence-corrected chi connectivity index (χ2v) is 5.67. The molecule has 1 fully saturated rings. The van der Waals surface area contributed by atoms with Crippen LogP contribution in [-0.4, -0.2) is 23.5 Å². The van der Waals surface area contributed by atoms with Crippen molar-refractivity contribution in [2.75, 3.05) is 6.54 Å². The maximum absolute atomic E-state index is 5.97. The van der Waals surface area contributed by atoms with E-state index in [1.165, 1.54) is 19.3 Å². The molecule has 96 valence electrons. The maximum atomic E-state index is 5.97. The number of nitrogens with two attached hydrogens (primary N) is 1. The second kappa shape index (κ2) is 5.55. The average Bonchev–Trinajstić information content (AvgIpc) is 2.89. The summed E-state index contributed by atoms with van der Waals surface area (Å²) in [6.07, 6.45) is 5.43. The van der Waals surface area contributed by atoms with Crippen LogP contribution in [0.2, 0.25) is 0 Å². The van der Waals surface area contributed by atoms with Crippen molar-refractivity contribution in [3.05, 3.63) is 22.6 Å². The highest BCUT2D eigenvalue weighted by atomic mass is 79.9. The highest BCUT2D eigenvalue weighted by Gasteiger charge is 2.36. The third kappa shape index (κ3) is 2.44. The van der Waals surface area contributed by atoms with Gasteiger partial charge in [0.2, 0.25) is 0 Å². The lowest BCUT2D eigenvalue weighted by Crippen LogP contribution is -2.41. The highest BCUT2D eigenvalue weighted by Crippen LogP contribution is 2.37. The minimum absolute atomic E-state index is 0.196. The molecule has 1 aliphatic heterocycles. The van der Waals surface area contributed by atoms with E-state index in [1.807, 2.05) is 6.07 Å². The molecule has 0 aromatic carbocycles. The zero-order chi connectivity index (χ0) is 12.4. The van der Waals surface area contributed by atoms with Gasteiger partial charge in [0, 0.05) is 18.6 Å². The molecule has 3 atom stereocenters. The Balaban J connectivity index is 2.26. The van der Waals surface area contributed by atoms with Gasteiger partial charge >= 0.3 is 0 Å². The van der Waals surface area contributed by atoms with Crippen molar-refractivity contribution in [2.24, 2.45) is 5.73 Å².